The van der Waals surface area contributed by atoms with Crippen molar-refractivity contribution in [2.75, 3.05) is 11.9 Å². The van der Waals surface area contributed by atoms with Crippen molar-refractivity contribution >= 4 is 48.3 Å². The first-order valence-corrected chi connectivity index (χ1v) is 12.9. The molecule has 2 amide bonds. The van der Waals surface area contributed by atoms with E-state index < -0.39 is 14.4 Å². The summed E-state index contributed by atoms with van der Waals surface area (Å²) < 4.78 is 4.73. The van der Waals surface area contributed by atoms with Gasteiger partial charge < -0.3 is 35.4 Å². The molecule has 0 aliphatic rings. The van der Waals surface area contributed by atoms with Crippen LogP contribution in [0.15, 0.2) is 78.9 Å². The first-order chi connectivity index (χ1) is 19.3. The number of amides is 2. The van der Waals surface area contributed by atoms with Crippen LogP contribution in [0, 0.1) is 0 Å². The molecular formula is C28H29B2N3O7. The van der Waals surface area contributed by atoms with E-state index in [1.807, 2.05) is 24.3 Å². The zero-order valence-electron chi connectivity index (χ0n) is 21.7. The Bertz CT molecular complexity index is 1450. The van der Waals surface area contributed by atoms with Gasteiger partial charge in [0, 0.05) is 29.6 Å². The molecule has 4 aromatic rings. The van der Waals surface area contributed by atoms with E-state index in [0.29, 0.717) is 53.7 Å². The van der Waals surface area contributed by atoms with Gasteiger partial charge in [-0.05, 0) is 54.7 Å². The average Bonchev–Trinajstić information content (AvgIpc) is 2.95. The third-order valence-corrected chi connectivity index (χ3v) is 6.21. The Hall–Kier alpha value is -4.22. The highest BCUT2D eigenvalue weighted by atomic mass is 16.6. The fourth-order valence-corrected chi connectivity index (χ4v) is 4.18. The van der Waals surface area contributed by atoms with E-state index in [1.54, 1.807) is 42.5 Å². The number of nitrogens with zero attached hydrogens (tertiary/aromatic N) is 1. The van der Waals surface area contributed by atoms with Gasteiger partial charge in [0.05, 0.1) is 16.8 Å². The van der Waals surface area contributed by atoms with E-state index in [2.05, 4.69) is 15.6 Å². The fourth-order valence-electron chi connectivity index (χ4n) is 4.18. The van der Waals surface area contributed by atoms with Gasteiger partial charge in [0.1, 0.15) is 5.75 Å². The van der Waals surface area contributed by atoms with Crippen molar-refractivity contribution in [2.24, 2.45) is 0 Å². The number of hydrogen-bond donors (Lipinski definition) is 6. The predicted octanol–water partition coefficient (Wildman–Crippen LogP) is 1.86. The standard InChI is InChI=1S/C28H29B2N3O7/c34-27(32-21-13-15-22(16-14-21)40-30(38)39)8-2-1-5-17-31-28(35)24-18-26(33-25-7-4-3-6-23(24)25)19-9-11-20(12-10-19)29(36)37/h3-4,6-7,9-16,18,36-39H,1-2,5,8,17H2,(H,31,35)(H,32,34). The normalized spacial score (nSPS) is 10.7. The molecular weight excluding hydrogens is 512 g/mol. The van der Waals surface area contributed by atoms with Crippen LogP contribution in [0.25, 0.3) is 22.2 Å². The Labute approximate surface area is 232 Å². The van der Waals surface area contributed by atoms with E-state index >= 15 is 0 Å². The number of hydrogen-bond acceptors (Lipinski definition) is 8. The number of para-hydroxylation sites is 1. The molecule has 0 unspecified atom stereocenters. The first-order valence-electron chi connectivity index (χ1n) is 12.9. The molecule has 10 nitrogen and oxygen atoms in total. The molecule has 0 aliphatic heterocycles. The maximum absolute atomic E-state index is 13.1. The van der Waals surface area contributed by atoms with Crippen molar-refractivity contribution in [2.45, 2.75) is 25.7 Å². The second-order valence-electron chi connectivity index (χ2n) is 9.15. The molecule has 204 valence electrons. The number of benzene rings is 3. The third kappa shape index (κ3) is 7.90. The van der Waals surface area contributed by atoms with Crippen LogP contribution in [0.2, 0.25) is 0 Å². The van der Waals surface area contributed by atoms with Crippen LogP contribution in [0.3, 0.4) is 0 Å². The second kappa shape index (κ2) is 13.7. The quantitative estimate of drug-likeness (QED) is 0.117. The molecule has 0 saturated heterocycles. The number of aromatic nitrogens is 1. The summed E-state index contributed by atoms with van der Waals surface area (Å²) in [7, 11) is -3.46. The summed E-state index contributed by atoms with van der Waals surface area (Å²) in [5.74, 6) is -0.0955. The van der Waals surface area contributed by atoms with Crippen LogP contribution >= 0.6 is 0 Å². The van der Waals surface area contributed by atoms with Gasteiger partial charge in [0.15, 0.2) is 0 Å². The van der Waals surface area contributed by atoms with Gasteiger partial charge >= 0.3 is 14.4 Å². The Morgan fingerprint density at radius 3 is 2.27 bits per heavy atom. The molecule has 3 aromatic carbocycles. The maximum Gasteiger partial charge on any atom is 0.707 e. The zero-order valence-corrected chi connectivity index (χ0v) is 21.7. The Morgan fingerprint density at radius 2 is 1.57 bits per heavy atom. The molecule has 0 atom stereocenters. The molecule has 0 radical (unpaired) electrons. The number of pyridine rings is 1. The lowest BCUT2D eigenvalue weighted by molar-refractivity contribution is -0.116. The van der Waals surface area contributed by atoms with Crippen molar-refractivity contribution < 1.29 is 34.3 Å². The molecule has 0 bridgehead atoms. The number of anilines is 1. The van der Waals surface area contributed by atoms with Crippen LogP contribution < -0.4 is 20.8 Å². The van der Waals surface area contributed by atoms with Crippen molar-refractivity contribution in [3.05, 3.63) is 84.4 Å². The Balaban J connectivity index is 1.27. The molecule has 12 heteroatoms. The van der Waals surface area contributed by atoms with Crippen LogP contribution in [-0.2, 0) is 4.79 Å². The molecule has 0 spiro atoms. The van der Waals surface area contributed by atoms with Crippen LogP contribution in [0.4, 0.5) is 5.69 Å². The third-order valence-electron chi connectivity index (χ3n) is 6.21. The monoisotopic (exact) mass is 541 g/mol. The van der Waals surface area contributed by atoms with Crippen molar-refractivity contribution in [3.8, 4) is 17.0 Å². The Morgan fingerprint density at radius 1 is 0.850 bits per heavy atom. The van der Waals surface area contributed by atoms with Gasteiger partial charge in [-0.1, -0.05) is 48.9 Å². The summed E-state index contributed by atoms with van der Waals surface area (Å²) in [5.41, 5.74) is 3.46. The maximum atomic E-state index is 13.1. The number of unbranched alkanes of at least 4 members (excludes halogenated alkanes) is 2. The predicted molar refractivity (Wildman–Crippen MR) is 154 cm³/mol. The fraction of sp³-hybridized carbons (Fsp3) is 0.179. The summed E-state index contributed by atoms with van der Waals surface area (Å²) >= 11 is 0. The lowest BCUT2D eigenvalue weighted by atomic mass is 9.80. The lowest BCUT2D eigenvalue weighted by Gasteiger charge is -2.11. The summed E-state index contributed by atoms with van der Waals surface area (Å²) in [5, 5.41) is 42.8. The number of nitrogens with one attached hydrogen (secondary N) is 2. The number of rotatable bonds is 12. The van der Waals surface area contributed by atoms with Gasteiger partial charge in [-0.2, -0.15) is 0 Å². The lowest BCUT2D eigenvalue weighted by Crippen LogP contribution is -2.29. The van der Waals surface area contributed by atoms with Gasteiger partial charge in [0.2, 0.25) is 5.91 Å². The minimum Gasteiger partial charge on any atom is -0.512 e. The smallest absolute Gasteiger partial charge is 0.512 e. The minimum atomic E-state index is -1.90. The van der Waals surface area contributed by atoms with Crippen LogP contribution in [0.1, 0.15) is 36.0 Å². The van der Waals surface area contributed by atoms with Crippen LogP contribution in [0.5, 0.6) is 5.75 Å². The van der Waals surface area contributed by atoms with Crippen molar-refractivity contribution in [1.82, 2.24) is 10.3 Å². The molecule has 4 rings (SSSR count). The van der Waals surface area contributed by atoms with E-state index in [1.165, 1.54) is 12.1 Å². The molecule has 1 aromatic heterocycles. The van der Waals surface area contributed by atoms with Gasteiger partial charge in [-0.15, -0.1) is 0 Å². The number of carbonyl (C=O) groups excluding carboxylic acids is 2. The number of carbonyl (C=O) groups is 2. The van der Waals surface area contributed by atoms with Gasteiger partial charge in [-0.3, -0.25) is 9.59 Å². The minimum absolute atomic E-state index is 0.141. The van der Waals surface area contributed by atoms with Crippen LogP contribution in [-0.4, -0.2) is 57.9 Å². The molecule has 6 N–H and O–H groups in total. The highest BCUT2D eigenvalue weighted by Crippen LogP contribution is 2.25. The summed E-state index contributed by atoms with van der Waals surface area (Å²) in [4.78, 5) is 30.0. The van der Waals surface area contributed by atoms with E-state index in [0.717, 1.165) is 17.4 Å². The highest BCUT2D eigenvalue weighted by molar-refractivity contribution is 6.58. The molecule has 0 aliphatic carbocycles. The largest absolute Gasteiger partial charge is 0.707 e. The van der Waals surface area contributed by atoms with Crippen molar-refractivity contribution in [3.63, 3.8) is 0 Å². The second-order valence-corrected chi connectivity index (χ2v) is 9.15. The molecule has 0 fully saturated rings. The highest BCUT2D eigenvalue weighted by Gasteiger charge is 2.15. The van der Waals surface area contributed by atoms with E-state index in [-0.39, 0.29) is 17.6 Å². The molecule has 0 saturated carbocycles. The number of fused-ring (bicyclic) bond motifs is 1. The van der Waals surface area contributed by atoms with Crippen molar-refractivity contribution in [1.29, 1.82) is 0 Å². The van der Waals surface area contributed by atoms with Gasteiger partial charge in [0.25, 0.3) is 5.91 Å². The topological polar surface area (TPSA) is 161 Å². The van der Waals surface area contributed by atoms with Gasteiger partial charge in [-0.25, -0.2) is 4.98 Å². The SMILES string of the molecule is O=C(CCCCCNC(=O)c1cc(-c2ccc(B(O)O)cc2)nc2ccccc12)Nc1ccc(OB(O)O)cc1. The zero-order chi connectivity index (χ0) is 28.5. The molecule has 40 heavy (non-hydrogen) atoms. The summed E-state index contributed by atoms with van der Waals surface area (Å²) in [6, 6.07) is 22.0. The Kier molecular flexibility index (Phi) is 9.87. The van der Waals surface area contributed by atoms with E-state index in [4.69, 9.17) is 14.7 Å². The summed E-state index contributed by atoms with van der Waals surface area (Å²) in [6.07, 6.45) is 2.43. The molecule has 1 heterocycles. The summed E-state index contributed by atoms with van der Waals surface area (Å²) in [6.45, 7) is 0.452. The average molecular weight is 541 g/mol. The first kappa shape index (κ1) is 28.8. The van der Waals surface area contributed by atoms with E-state index in [9.17, 15) is 19.6 Å².